The Morgan fingerprint density at radius 3 is 2.76 bits per heavy atom. The number of rotatable bonds is 5. The molecular weight excluding hydrogens is 513 g/mol. The number of methoxy groups -OCH3 is 1. The van der Waals surface area contributed by atoms with Crippen LogP contribution < -0.4 is 9.47 Å². The number of hydrogen-bond acceptors (Lipinski definition) is 5. The summed E-state index contributed by atoms with van der Waals surface area (Å²) in [4.78, 5) is 4.87. The van der Waals surface area contributed by atoms with Gasteiger partial charge in [0.05, 0.1) is 12.1 Å². The minimum absolute atomic E-state index is 0.351. The van der Waals surface area contributed by atoms with Crippen molar-refractivity contribution in [2.24, 2.45) is 17.8 Å². The molecule has 2 fully saturated rings. The maximum absolute atomic E-state index is 6.32. The molecule has 3 aromatic rings. The van der Waals surface area contributed by atoms with Crippen LogP contribution >= 0.6 is 58.5 Å². The fourth-order valence-electron chi connectivity index (χ4n) is 6.01. The first-order valence-electron chi connectivity index (χ1n) is 11.2. The van der Waals surface area contributed by atoms with Gasteiger partial charge in [-0.2, -0.15) is 0 Å². The van der Waals surface area contributed by atoms with Crippen LogP contribution in [0.1, 0.15) is 41.2 Å². The second kappa shape index (κ2) is 8.80. The standard InChI is InChI=1S/C25H23Cl2NO2S3/c1-29-19-9-13(5-7-18(19)30-11-15-4-6-16(26)10-17(15)27)21-20-12-2-3-14(8-12)22(20)32-24-23(21)33-25(31)28-24/h4-7,9-10,12,14,20-22H,2-3,8,11H2,1H3,(H,28,31). The number of fused-ring (bicyclic) bond motifs is 6. The third kappa shape index (κ3) is 3.92. The molecule has 3 nitrogen and oxygen atoms in total. The second-order valence-electron chi connectivity index (χ2n) is 9.11. The Labute approximate surface area is 216 Å². The average Bonchev–Trinajstić information content (AvgIpc) is 3.51. The molecule has 2 aromatic carbocycles. The van der Waals surface area contributed by atoms with Gasteiger partial charge in [-0.3, -0.25) is 0 Å². The van der Waals surface area contributed by atoms with Crippen molar-refractivity contribution in [2.45, 2.75) is 42.1 Å². The van der Waals surface area contributed by atoms with E-state index < -0.39 is 0 Å². The van der Waals surface area contributed by atoms with E-state index in [-0.39, 0.29) is 0 Å². The Bertz CT molecular complexity index is 1270. The van der Waals surface area contributed by atoms with Gasteiger partial charge < -0.3 is 14.5 Å². The van der Waals surface area contributed by atoms with Crippen molar-refractivity contribution in [2.75, 3.05) is 7.11 Å². The van der Waals surface area contributed by atoms with Crippen LogP contribution in [0.15, 0.2) is 41.4 Å². The fourth-order valence-corrected chi connectivity index (χ4v) is 9.82. The lowest BCUT2D eigenvalue weighted by Crippen LogP contribution is -2.33. The molecule has 8 heteroatoms. The number of aromatic nitrogens is 1. The number of benzene rings is 2. The number of ether oxygens (including phenoxy) is 2. The largest absolute Gasteiger partial charge is 0.493 e. The first-order valence-corrected chi connectivity index (χ1v) is 14.0. The van der Waals surface area contributed by atoms with E-state index >= 15 is 0 Å². The van der Waals surface area contributed by atoms with E-state index in [4.69, 9.17) is 44.9 Å². The van der Waals surface area contributed by atoms with Crippen molar-refractivity contribution in [3.05, 3.63) is 66.4 Å². The highest BCUT2D eigenvalue weighted by Crippen LogP contribution is 2.64. The van der Waals surface area contributed by atoms with Crippen LogP contribution in [0.3, 0.4) is 0 Å². The lowest BCUT2D eigenvalue weighted by atomic mass is 9.75. The monoisotopic (exact) mass is 535 g/mol. The molecule has 1 aromatic heterocycles. The lowest BCUT2D eigenvalue weighted by molar-refractivity contribution is 0.282. The van der Waals surface area contributed by atoms with Crippen molar-refractivity contribution in [1.29, 1.82) is 0 Å². The topological polar surface area (TPSA) is 34.2 Å². The zero-order valence-corrected chi connectivity index (χ0v) is 21.9. The van der Waals surface area contributed by atoms with E-state index in [1.807, 2.05) is 30.0 Å². The molecule has 2 bridgehead atoms. The molecule has 2 aliphatic carbocycles. The number of hydrogen-bond donors (Lipinski definition) is 1. The number of H-pyrrole nitrogens is 1. The van der Waals surface area contributed by atoms with Gasteiger partial charge in [0.25, 0.3) is 0 Å². The summed E-state index contributed by atoms with van der Waals surface area (Å²) in [5.74, 6) is 4.10. The van der Waals surface area contributed by atoms with Crippen LogP contribution in [0.25, 0.3) is 0 Å². The molecule has 2 saturated carbocycles. The predicted octanol–water partition coefficient (Wildman–Crippen LogP) is 8.35. The summed E-state index contributed by atoms with van der Waals surface area (Å²) in [6.07, 6.45) is 4.10. The van der Waals surface area contributed by atoms with E-state index in [0.717, 1.165) is 27.1 Å². The van der Waals surface area contributed by atoms with Crippen LogP contribution in [0.5, 0.6) is 11.5 Å². The minimum atomic E-state index is 0.351. The molecule has 1 aliphatic heterocycles. The molecule has 5 atom stereocenters. The van der Waals surface area contributed by atoms with Crippen molar-refractivity contribution in [1.82, 2.24) is 4.98 Å². The molecule has 6 rings (SSSR count). The van der Waals surface area contributed by atoms with E-state index in [1.165, 1.54) is 34.7 Å². The molecule has 0 spiro atoms. The van der Waals surface area contributed by atoms with Crippen LogP contribution in [-0.2, 0) is 6.61 Å². The van der Waals surface area contributed by atoms with Gasteiger partial charge in [0, 0.05) is 31.7 Å². The van der Waals surface area contributed by atoms with Gasteiger partial charge in [-0.15, -0.1) is 23.1 Å². The second-order valence-corrected chi connectivity index (χ2v) is 12.9. The Morgan fingerprint density at radius 1 is 1.09 bits per heavy atom. The maximum atomic E-state index is 6.32. The van der Waals surface area contributed by atoms with Gasteiger partial charge >= 0.3 is 0 Å². The number of halogens is 2. The zero-order valence-electron chi connectivity index (χ0n) is 18.0. The molecular formula is C25H23Cl2NO2S3. The highest BCUT2D eigenvalue weighted by molar-refractivity contribution is 8.00. The normalized spacial score (nSPS) is 27.3. The van der Waals surface area contributed by atoms with Gasteiger partial charge in [-0.25, -0.2) is 0 Å². The Balaban J connectivity index is 1.33. The van der Waals surface area contributed by atoms with Crippen molar-refractivity contribution >= 4 is 58.5 Å². The summed E-state index contributed by atoms with van der Waals surface area (Å²) < 4.78 is 12.8. The van der Waals surface area contributed by atoms with Gasteiger partial charge in [0.2, 0.25) is 0 Å². The van der Waals surface area contributed by atoms with Crippen LogP contribution in [0.2, 0.25) is 10.0 Å². The van der Waals surface area contributed by atoms with E-state index in [0.29, 0.717) is 39.5 Å². The molecule has 0 radical (unpaired) electrons. The molecule has 2 heterocycles. The van der Waals surface area contributed by atoms with Gasteiger partial charge in [0.1, 0.15) is 6.61 Å². The summed E-state index contributed by atoms with van der Waals surface area (Å²) in [6.45, 7) is 0.351. The zero-order chi connectivity index (χ0) is 22.7. The quantitative estimate of drug-likeness (QED) is 0.332. The Hall–Kier alpha value is -1.18. The molecule has 1 N–H and O–H groups in total. The van der Waals surface area contributed by atoms with Crippen LogP contribution in [0.4, 0.5) is 0 Å². The summed E-state index contributed by atoms with van der Waals surface area (Å²) >= 11 is 21.7. The third-order valence-electron chi connectivity index (χ3n) is 7.41. The molecule has 5 unspecified atom stereocenters. The first-order chi connectivity index (χ1) is 16.0. The van der Waals surface area contributed by atoms with Gasteiger partial charge in [0.15, 0.2) is 15.5 Å². The van der Waals surface area contributed by atoms with E-state index in [1.54, 1.807) is 24.5 Å². The van der Waals surface area contributed by atoms with Crippen molar-refractivity contribution in [3.63, 3.8) is 0 Å². The van der Waals surface area contributed by atoms with Gasteiger partial charge in [-0.1, -0.05) is 35.3 Å². The molecule has 0 saturated heterocycles. The number of aromatic amines is 1. The van der Waals surface area contributed by atoms with E-state index in [9.17, 15) is 0 Å². The summed E-state index contributed by atoms with van der Waals surface area (Å²) in [5.41, 5.74) is 2.18. The predicted molar refractivity (Wildman–Crippen MR) is 139 cm³/mol. The SMILES string of the molecule is COc1cc(C2c3sc(=S)[nH]c3SC3C4CCC(C4)C23)ccc1OCc1ccc(Cl)cc1Cl. The Kier molecular flexibility index (Phi) is 5.94. The van der Waals surface area contributed by atoms with Gasteiger partial charge in [-0.05, 0) is 79.1 Å². The van der Waals surface area contributed by atoms with Crippen molar-refractivity contribution in [3.8, 4) is 11.5 Å². The maximum Gasteiger partial charge on any atom is 0.161 e. The smallest absolute Gasteiger partial charge is 0.161 e. The highest BCUT2D eigenvalue weighted by Gasteiger charge is 2.54. The minimum Gasteiger partial charge on any atom is -0.493 e. The van der Waals surface area contributed by atoms with E-state index in [2.05, 4.69) is 17.1 Å². The molecule has 0 amide bonds. The number of thiazole rings is 1. The average molecular weight is 537 g/mol. The van der Waals surface area contributed by atoms with Crippen LogP contribution in [0, 0.1) is 21.7 Å². The third-order valence-corrected chi connectivity index (χ3v) is 11.0. The van der Waals surface area contributed by atoms with Crippen molar-refractivity contribution < 1.29 is 9.47 Å². The number of thioether (sulfide) groups is 1. The summed E-state index contributed by atoms with van der Waals surface area (Å²) in [5, 5.41) is 3.17. The molecule has 172 valence electrons. The summed E-state index contributed by atoms with van der Waals surface area (Å²) in [6, 6.07) is 11.8. The highest BCUT2D eigenvalue weighted by atomic mass is 35.5. The van der Waals surface area contributed by atoms with Crippen LogP contribution in [-0.4, -0.2) is 17.3 Å². The first kappa shape index (κ1) is 22.3. The summed E-state index contributed by atoms with van der Waals surface area (Å²) in [7, 11) is 1.70. The lowest BCUT2D eigenvalue weighted by Gasteiger charge is -2.40. The molecule has 33 heavy (non-hydrogen) atoms. The molecule has 3 aliphatic rings. The fraction of sp³-hybridized carbons (Fsp3) is 0.400. The number of nitrogens with one attached hydrogen (secondary N) is 1. The Morgan fingerprint density at radius 2 is 1.94 bits per heavy atom.